The number of alkyl halides is 3. The maximum atomic E-state index is 13.5. The van der Waals surface area contributed by atoms with Crippen LogP contribution in [-0.2, 0) is 10.9 Å². The summed E-state index contributed by atoms with van der Waals surface area (Å²) in [5.41, 5.74) is 2.23. The molecule has 0 aliphatic heterocycles. The Bertz CT molecular complexity index is 1630. The molecule has 0 radical (unpaired) electrons. The number of nitriles is 1. The molecule has 2 aromatic heterocycles. The van der Waals surface area contributed by atoms with Crippen molar-refractivity contribution in [1.82, 2.24) is 9.55 Å². The Balaban J connectivity index is 1.33. The second-order valence-electron chi connectivity index (χ2n) is 10.2. The molecule has 4 aromatic rings. The van der Waals surface area contributed by atoms with Crippen LogP contribution in [0.3, 0.4) is 0 Å². The van der Waals surface area contributed by atoms with Gasteiger partial charge < -0.3 is 14.0 Å². The van der Waals surface area contributed by atoms with E-state index >= 15 is 0 Å². The molecule has 6 rings (SSSR count). The molecule has 2 fully saturated rings. The Morgan fingerprint density at radius 1 is 1.12 bits per heavy atom. The zero-order valence-corrected chi connectivity index (χ0v) is 21.5. The SMILES string of the molecule is C[C@@H](OC(=O)Nc1ccc(-c2c(C#N)c3ccc(Oc4ncccc4C(F)(F)F)cc3n2C2CC2)cc1)C1CC1. The first-order valence-corrected chi connectivity index (χ1v) is 13.1. The topological polar surface area (TPSA) is 89.2 Å². The molecule has 2 heterocycles. The minimum absolute atomic E-state index is 0.127. The Kier molecular flexibility index (Phi) is 6.37. The van der Waals surface area contributed by atoms with Crippen LogP contribution in [0.2, 0.25) is 0 Å². The highest BCUT2D eigenvalue weighted by molar-refractivity contribution is 5.96. The highest BCUT2D eigenvalue weighted by atomic mass is 19.4. The fourth-order valence-electron chi connectivity index (χ4n) is 4.95. The lowest BCUT2D eigenvalue weighted by molar-refractivity contribution is -0.138. The molecular formula is C30H25F3N4O3. The van der Waals surface area contributed by atoms with Gasteiger partial charge in [-0.3, -0.25) is 5.32 Å². The van der Waals surface area contributed by atoms with Gasteiger partial charge in [0.15, 0.2) is 0 Å². The second kappa shape index (κ2) is 9.90. The number of carbonyl (C=O) groups excluding carboxylic acids is 1. The fraction of sp³-hybridized carbons (Fsp3) is 0.300. The van der Waals surface area contributed by atoms with Gasteiger partial charge in [-0.05, 0) is 80.5 Å². The van der Waals surface area contributed by atoms with Gasteiger partial charge in [0, 0.05) is 29.4 Å². The molecule has 0 saturated heterocycles. The van der Waals surface area contributed by atoms with E-state index < -0.39 is 23.7 Å². The van der Waals surface area contributed by atoms with Crippen LogP contribution >= 0.6 is 0 Å². The number of pyridine rings is 1. The van der Waals surface area contributed by atoms with Crippen molar-refractivity contribution in [2.45, 2.75) is 50.9 Å². The molecular weight excluding hydrogens is 521 g/mol. The smallest absolute Gasteiger partial charge is 0.421 e. The molecule has 204 valence electrons. The monoisotopic (exact) mass is 546 g/mol. The van der Waals surface area contributed by atoms with E-state index in [0.717, 1.165) is 37.3 Å². The van der Waals surface area contributed by atoms with Gasteiger partial charge in [0.2, 0.25) is 5.88 Å². The summed E-state index contributed by atoms with van der Waals surface area (Å²) in [6, 6.07) is 16.6. The predicted octanol–water partition coefficient (Wildman–Crippen LogP) is 8.07. The lowest BCUT2D eigenvalue weighted by Crippen LogP contribution is -2.21. The lowest BCUT2D eigenvalue weighted by Gasteiger charge is -2.14. The molecule has 0 unspecified atom stereocenters. The number of anilines is 1. The Morgan fingerprint density at radius 2 is 1.88 bits per heavy atom. The van der Waals surface area contributed by atoms with Crippen molar-refractivity contribution in [1.29, 1.82) is 5.26 Å². The first-order valence-electron chi connectivity index (χ1n) is 13.1. The van der Waals surface area contributed by atoms with Gasteiger partial charge >= 0.3 is 12.3 Å². The van der Waals surface area contributed by atoms with E-state index in [2.05, 4.69) is 20.9 Å². The quantitative estimate of drug-likeness (QED) is 0.253. The van der Waals surface area contributed by atoms with Crippen LogP contribution < -0.4 is 10.1 Å². The number of rotatable bonds is 7. The highest BCUT2D eigenvalue weighted by Gasteiger charge is 2.36. The van der Waals surface area contributed by atoms with E-state index in [4.69, 9.17) is 9.47 Å². The second-order valence-corrected chi connectivity index (χ2v) is 10.2. The number of hydrogen-bond donors (Lipinski definition) is 1. The summed E-state index contributed by atoms with van der Waals surface area (Å²) in [7, 11) is 0. The van der Waals surface area contributed by atoms with Crippen LogP contribution in [0.1, 0.15) is 49.8 Å². The summed E-state index contributed by atoms with van der Waals surface area (Å²) in [5.74, 6) is 0.0850. The predicted molar refractivity (Wildman–Crippen MR) is 142 cm³/mol. The summed E-state index contributed by atoms with van der Waals surface area (Å²) >= 11 is 0. The van der Waals surface area contributed by atoms with Crippen molar-refractivity contribution in [3.63, 3.8) is 0 Å². The van der Waals surface area contributed by atoms with Gasteiger partial charge in [0.25, 0.3) is 0 Å². The maximum absolute atomic E-state index is 13.5. The van der Waals surface area contributed by atoms with Crippen molar-refractivity contribution < 1.29 is 27.4 Å². The number of carbonyl (C=O) groups is 1. The first-order chi connectivity index (χ1) is 19.2. The normalized spacial score (nSPS) is 15.9. The van der Waals surface area contributed by atoms with Crippen LogP contribution in [0.4, 0.5) is 23.7 Å². The molecule has 2 saturated carbocycles. The fourth-order valence-corrected chi connectivity index (χ4v) is 4.95. The molecule has 2 aromatic carbocycles. The molecule has 7 nitrogen and oxygen atoms in total. The number of halogens is 3. The van der Waals surface area contributed by atoms with Crippen molar-refractivity contribution in [3.05, 3.63) is 71.9 Å². The molecule has 1 N–H and O–H groups in total. The van der Waals surface area contributed by atoms with Crippen LogP contribution in [-0.4, -0.2) is 21.7 Å². The van der Waals surface area contributed by atoms with E-state index in [9.17, 15) is 23.2 Å². The minimum Gasteiger partial charge on any atom is -0.446 e. The molecule has 2 aliphatic rings. The van der Waals surface area contributed by atoms with Gasteiger partial charge in [-0.15, -0.1) is 0 Å². The van der Waals surface area contributed by atoms with Crippen molar-refractivity contribution in [2.75, 3.05) is 5.32 Å². The average Bonchev–Trinajstić information content (AvgIpc) is 3.85. The van der Waals surface area contributed by atoms with Gasteiger partial charge in [0.05, 0.1) is 16.8 Å². The number of benzene rings is 2. The number of amides is 1. The Morgan fingerprint density at radius 3 is 2.52 bits per heavy atom. The number of fused-ring (bicyclic) bond motifs is 1. The summed E-state index contributed by atoms with van der Waals surface area (Å²) < 4.78 is 53.5. The largest absolute Gasteiger partial charge is 0.446 e. The minimum atomic E-state index is -4.61. The first kappa shape index (κ1) is 25.7. The summed E-state index contributed by atoms with van der Waals surface area (Å²) in [4.78, 5) is 16.1. The van der Waals surface area contributed by atoms with Crippen LogP contribution in [0.5, 0.6) is 11.6 Å². The number of ether oxygens (including phenoxy) is 2. The molecule has 10 heteroatoms. The van der Waals surface area contributed by atoms with Crippen LogP contribution in [0.25, 0.3) is 22.2 Å². The third-order valence-electron chi connectivity index (χ3n) is 7.27. The van der Waals surface area contributed by atoms with E-state index in [-0.39, 0.29) is 17.9 Å². The molecule has 0 bridgehead atoms. The molecule has 0 spiro atoms. The summed E-state index contributed by atoms with van der Waals surface area (Å²) in [5, 5.41) is 13.6. The molecule has 1 atom stereocenters. The number of nitrogens with zero attached hydrogens (tertiary/aromatic N) is 3. The summed E-state index contributed by atoms with van der Waals surface area (Å²) in [6.45, 7) is 1.89. The molecule has 40 heavy (non-hydrogen) atoms. The number of nitrogens with one attached hydrogen (secondary N) is 1. The van der Waals surface area contributed by atoms with Crippen molar-refractivity contribution >= 4 is 22.7 Å². The number of hydrogen-bond acceptors (Lipinski definition) is 5. The van der Waals surface area contributed by atoms with E-state index in [1.165, 1.54) is 12.3 Å². The van der Waals surface area contributed by atoms with Gasteiger partial charge in [-0.1, -0.05) is 12.1 Å². The zero-order chi connectivity index (χ0) is 28.0. The van der Waals surface area contributed by atoms with E-state index in [1.54, 1.807) is 30.3 Å². The van der Waals surface area contributed by atoms with Crippen LogP contribution in [0.15, 0.2) is 60.8 Å². The van der Waals surface area contributed by atoms with Gasteiger partial charge in [0.1, 0.15) is 23.5 Å². The third-order valence-corrected chi connectivity index (χ3v) is 7.27. The Labute approximate surface area is 228 Å². The third kappa shape index (κ3) is 5.07. The maximum Gasteiger partial charge on any atom is 0.421 e. The van der Waals surface area contributed by atoms with E-state index in [1.807, 2.05) is 19.1 Å². The van der Waals surface area contributed by atoms with Gasteiger partial charge in [-0.2, -0.15) is 18.4 Å². The van der Waals surface area contributed by atoms with Gasteiger partial charge in [-0.25, -0.2) is 9.78 Å². The number of aromatic nitrogens is 2. The standard InChI is InChI=1S/C30H25F3N4O3/c1-17(18-4-5-18)39-29(38)36-20-8-6-19(7-9-20)27-24(16-34)23-13-12-22(15-26(23)37(27)21-10-11-21)40-28-25(30(31,32)33)3-2-14-35-28/h2-3,6-9,12-15,17-18,21H,4-5,10-11H2,1H3,(H,36,38)/t17-/m1/s1. The van der Waals surface area contributed by atoms with Crippen LogP contribution in [0, 0.1) is 17.2 Å². The highest BCUT2D eigenvalue weighted by Crippen LogP contribution is 2.46. The lowest BCUT2D eigenvalue weighted by atomic mass is 10.1. The molecule has 1 amide bonds. The van der Waals surface area contributed by atoms with Crippen molar-refractivity contribution in [3.8, 4) is 29.0 Å². The average molecular weight is 547 g/mol. The van der Waals surface area contributed by atoms with Crippen molar-refractivity contribution in [2.24, 2.45) is 5.92 Å². The molecule has 2 aliphatic carbocycles. The zero-order valence-electron chi connectivity index (χ0n) is 21.5. The Hall–Kier alpha value is -4.52. The summed E-state index contributed by atoms with van der Waals surface area (Å²) in [6.07, 6.45) is -0.0324. The van der Waals surface area contributed by atoms with E-state index in [0.29, 0.717) is 33.8 Å².